The lowest BCUT2D eigenvalue weighted by atomic mass is 9.82. The first-order chi connectivity index (χ1) is 9.87. The molecule has 0 aromatic heterocycles. The lowest BCUT2D eigenvalue weighted by Crippen LogP contribution is -2.43. The van der Waals surface area contributed by atoms with E-state index >= 15 is 0 Å². The largest absolute Gasteiger partial charge is 0.465 e. The summed E-state index contributed by atoms with van der Waals surface area (Å²) in [6, 6.07) is 5.32. The van der Waals surface area contributed by atoms with Crippen molar-refractivity contribution in [3.8, 4) is 0 Å². The van der Waals surface area contributed by atoms with Crippen LogP contribution in [0.1, 0.15) is 26.3 Å². The van der Waals surface area contributed by atoms with Gasteiger partial charge in [0.25, 0.3) is 5.69 Å². The molecule has 0 radical (unpaired) electrons. The van der Waals surface area contributed by atoms with Crippen molar-refractivity contribution in [3.63, 3.8) is 0 Å². The minimum atomic E-state index is -1.74. The van der Waals surface area contributed by atoms with E-state index in [1.165, 1.54) is 31.2 Å². The van der Waals surface area contributed by atoms with Crippen LogP contribution in [0, 0.1) is 10.1 Å². The molecule has 0 amide bonds. The van der Waals surface area contributed by atoms with Crippen LogP contribution in [0.25, 0.3) is 0 Å². The van der Waals surface area contributed by atoms with Gasteiger partial charge in [0.05, 0.1) is 18.1 Å². The zero-order valence-corrected chi connectivity index (χ0v) is 12.1. The van der Waals surface area contributed by atoms with Gasteiger partial charge < -0.3 is 9.47 Å². The maximum Gasteiger partial charge on any atom is 0.327 e. The predicted octanol–water partition coefficient (Wildman–Crippen LogP) is 1.98. The average Bonchev–Trinajstić information content (AvgIpc) is 2.46. The van der Waals surface area contributed by atoms with E-state index in [-0.39, 0.29) is 24.5 Å². The van der Waals surface area contributed by atoms with Crippen LogP contribution >= 0.6 is 0 Å². The Morgan fingerprint density at radius 2 is 1.71 bits per heavy atom. The average molecular weight is 295 g/mol. The summed E-state index contributed by atoms with van der Waals surface area (Å²) >= 11 is 0. The quantitative estimate of drug-likeness (QED) is 0.344. The van der Waals surface area contributed by atoms with Gasteiger partial charge in [0, 0.05) is 12.1 Å². The Kier molecular flexibility index (Phi) is 5.40. The van der Waals surface area contributed by atoms with E-state index in [4.69, 9.17) is 9.47 Å². The normalized spacial score (nSPS) is 10.8. The summed E-state index contributed by atoms with van der Waals surface area (Å²) in [6.07, 6.45) is 0. The van der Waals surface area contributed by atoms with Crippen LogP contribution in [-0.2, 0) is 24.5 Å². The van der Waals surface area contributed by atoms with Gasteiger partial charge in [-0.05, 0) is 26.3 Å². The molecule has 1 aromatic carbocycles. The molecule has 1 aromatic rings. The molecular formula is C14H17NO6. The summed E-state index contributed by atoms with van der Waals surface area (Å²) in [5.41, 5.74) is -1.79. The summed E-state index contributed by atoms with van der Waals surface area (Å²) in [5.74, 6) is -1.60. The second-order valence-electron chi connectivity index (χ2n) is 4.37. The Morgan fingerprint density at radius 3 is 2.14 bits per heavy atom. The highest BCUT2D eigenvalue weighted by atomic mass is 16.6. The summed E-state index contributed by atoms with van der Waals surface area (Å²) in [7, 11) is 0. The second-order valence-corrected chi connectivity index (χ2v) is 4.37. The van der Waals surface area contributed by atoms with Gasteiger partial charge >= 0.3 is 11.9 Å². The molecule has 7 heteroatoms. The van der Waals surface area contributed by atoms with Crippen molar-refractivity contribution in [2.24, 2.45) is 0 Å². The zero-order chi connectivity index (χ0) is 16.0. The highest BCUT2D eigenvalue weighted by molar-refractivity contribution is 6.06. The monoisotopic (exact) mass is 295 g/mol. The number of benzene rings is 1. The van der Waals surface area contributed by atoms with E-state index < -0.39 is 22.3 Å². The molecule has 0 heterocycles. The number of esters is 2. The van der Waals surface area contributed by atoms with Crippen LogP contribution in [0.15, 0.2) is 24.3 Å². The molecule has 1 rings (SSSR count). The van der Waals surface area contributed by atoms with Crippen LogP contribution in [-0.4, -0.2) is 30.1 Å². The van der Waals surface area contributed by atoms with E-state index in [9.17, 15) is 19.7 Å². The van der Waals surface area contributed by atoms with Crippen LogP contribution in [0.2, 0.25) is 0 Å². The van der Waals surface area contributed by atoms with Crippen LogP contribution in [0.4, 0.5) is 5.69 Å². The summed E-state index contributed by atoms with van der Waals surface area (Å²) < 4.78 is 9.84. The first kappa shape index (κ1) is 16.6. The zero-order valence-electron chi connectivity index (χ0n) is 12.1. The lowest BCUT2D eigenvalue weighted by Gasteiger charge is -2.25. The van der Waals surface area contributed by atoms with E-state index in [0.717, 1.165) is 0 Å². The number of ether oxygens (including phenoxy) is 2. The van der Waals surface area contributed by atoms with Gasteiger partial charge in [-0.25, -0.2) is 0 Å². The fourth-order valence-corrected chi connectivity index (χ4v) is 1.80. The first-order valence-electron chi connectivity index (χ1n) is 6.47. The van der Waals surface area contributed by atoms with Gasteiger partial charge in [-0.15, -0.1) is 0 Å². The number of rotatable bonds is 6. The number of non-ortho nitro benzene ring substituents is 1. The third kappa shape index (κ3) is 3.36. The lowest BCUT2D eigenvalue weighted by molar-refractivity contribution is -0.384. The smallest absolute Gasteiger partial charge is 0.327 e. The first-order valence-corrected chi connectivity index (χ1v) is 6.47. The maximum atomic E-state index is 12.2. The topological polar surface area (TPSA) is 95.7 Å². The number of nitro groups is 1. The van der Waals surface area contributed by atoms with Gasteiger partial charge in [0.2, 0.25) is 0 Å². The summed E-state index contributed by atoms with van der Waals surface area (Å²) in [6.45, 7) is 4.72. The molecule has 0 unspecified atom stereocenters. The minimum absolute atomic E-state index is 0.0861. The number of hydrogen-bond donors (Lipinski definition) is 0. The van der Waals surface area contributed by atoms with Crippen molar-refractivity contribution in [2.45, 2.75) is 26.2 Å². The molecule has 0 aliphatic heterocycles. The SMILES string of the molecule is CCOC(=O)C(C)(C(=O)OCC)c1cccc([N+](=O)[O-])c1. The molecule has 0 fully saturated rings. The van der Waals surface area contributed by atoms with Gasteiger partial charge in [0.1, 0.15) is 0 Å². The van der Waals surface area contributed by atoms with Crippen molar-refractivity contribution in [1.82, 2.24) is 0 Å². The highest BCUT2D eigenvalue weighted by Gasteiger charge is 2.46. The molecule has 0 bridgehead atoms. The molecule has 0 saturated heterocycles. The third-order valence-electron chi connectivity index (χ3n) is 3.00. The molecule has 0 aliphatic rings. The molecule has 0 aliphatic carbocycles. The van der Waals surface area contributed by atoms with Gasteiger partial charge in [-0.1, -0.05) is 12.1 Å². The van der Waals surface area contributed by atoms with E-state index in [1.807, 2.05) is 0 Å². The third-order valence-corrected chi connectivity index (χ3v) is 3.00. The predicted molar refractivity (Wildman–Crippen MR) is 73.7 cm³/mol. The number of nitro benzene ring substituents is 1. The van der Waals surface area contributed by atoms with Crippen molar-refractivity contribution >= 4 is 17.6 Å². The standard InChI is InChI=1S/C14H17NO6/c1-4-20-12(16)14(3,13(17)21-5-2)10-7-6-8-11(9-10)15(18)19/h6-9H,4-5H2,1-3H3. The van der Waals surface area contributed by atoms with E-state index in [2.05, 4.69) is 0 Å². The molecule has 0 N–H and O–H groups in total. The van der Waals surface area contributed by atoms with Gasteiger partial charge in [-0.3, -0.25) is 19.7 Å². The number of carbonyl (C=O) groups excluding carboxylic acids is 2. The maximum absolute atomic E-state index is 12.2. The Bertz CT molecular complexity index is 536. The number of hydrogen-bond acceptors (Lipinski definition) is 6. The van der Waals surface area contributed by atoms with Crippen LogP contribution in [0.3, 0.4) is 0 Å². The molecule has 0 saturated carbocycles. The molecule has 0 spiro atoms. The second kappa shape index (κ2) is 6.83. The Balaban J connectivity index is 3.36. The van der Waals surface area contributed by atoms with E-state index in [1.54, 1.807) is 13.8 Å². The highest BCUT2D eigenvalue weighted by Crippen LogP contribution is 2.30. The van der Waals surface area contributed by atoms with Crippen LogP contribution < -0.4 is 0 Å². The van der Waals surface area contributed by atoms with Crippen molar-refractivity contribution in [2.75, 3.05) is 13.2 Å². The molecule has 0 atom stereocenters. The Labute approximate surface area is 122 Å². The van der Waals surface area contributed by atoms with E-state index in [0.29, 0.717) is 0 Å². The van der Waals surface area contributed by atoms with Crippen molar-refractivity contribution in [3.05, 3.63) is 39.9 Å². The fourth-order valence-electron chi connectivity index (χ4n) is 1.80. The fraction of sp³-hybridized carbons (Fsp3) is 0.429. The molecular weight excluding hydrogens is 278 g/mol. The Morgan fingerprint density at radius 1 is 1.19 bits per heavy atom. The van der Waals surface area contributed by atoms with Crippen LogP contribution in [0.5, 0.6) is 0 Å². The minimum Gasteiger partial charge on any atom is -0.465 e. The summed E-state index contributed by atoms with van der Waals surface area (Å²) in [5, 5.41) is 10.8. The van der Waals surface area contributed by atoms with Gasteiger partial charge in [0.15, 0.2) is 5.41 Å². The molecule has 7 nitrogen and oxygen atoms in total. The number of nitrogens with zero attached hydrogens (tertiary/aromatic N) is 1. The summed E-state index contributed by atoms with van der Waals surface area (Å²) in [4.78, 5) is 34.6. The van der Waals surface area contributed by atoms with Gasteiger partial charge in [-0.2, -0.15) is 0 Å². The van der Waals surface area contributed by atoms with Crippen molar-refractivity contribution in [1.29, 1.82) is 0 Å². The Hall–Kier alpha value is -2.44. The molecule has 114 valence electrons. The number of carbonyl (C=O) groups is 2. The van der Waals surface area contributed by atoms with Crippen molar-refractivity contribution < 1.29 is 24.0 Å². The molecule has 21 heavy (non-hydrogen) atoms.